The number of nitrogens with one attached hydrogen (secondary N) is 1. The minimum atomic E-state index is 0.173. The summed E-state index contributed by atoms with van der Waals surface area (Å²) in [5, 5.41) is 4.09. The van der Waals surface area contributed by atoms with Crippen molar-refractivity contribution in [1.82, 2.24) is 5.43 Å². The minimum absolute atomic E-state index is 0.173. The molecule has 2 aliphatic rings. The van der Waals surface area contributed by atoms with Crippen LogP contribution in [-0.4, -0.2) is 16.2 Å². The first-order valence-electron chi connectivity index (χ1n) is 5.25. The smallest absolute Gasteiger partial charge is 0.121 e. The molecule has 2 unspecified atom stereocenters. The van der Waals surface area contributed by atoms with Crippen LogP contribution in [0.5, 0.6) is 0 Å². The van der Waals surface area contributed by atoms with E-state index < -0.39 is 0 Å². The fourth-order valence-electron chi connectivity index (χ4n) is 2.51. The lowest BCUT2D eigenvalue weighted by Gasteiger charge is -2.33. The summed E-state index contributed by atoms with van der Waals surface area (Å²) in [6.07, 6.45) is 3.62. The van der Waals surface area contributed by atoms with Crippen molar-refractivity contribution in [3.8, 4) is 0 Å². The molecule has 1 aliphatic carbocycles. The molecule has 80 valence electrons. The quantitative estimate of drug-likeness (QED) is 0.760. The van der Waals surface area contributed by atoms with E-state index in [1.54, 1.807) is 0 Å². The third-order valence-corrected chi connectivity index (χ3v) is 3.69. The van der Waals surface area contributed by atoms with E-state index in [1.807, 2.05) is 0 Å². The molecule has 0 spiro atoms. The molecule has 0 bridgehead atoms. The molecule has 0 saturated heterocycles. The van der Waals surface area contributed by atoms with Crippen LogP contribution in [0.15, 0.2) is 5.10 Å². The molecule has 0 aromatic rings. The van der Waals surface area contributed by atoms with Gasteiger partial charge in [0.25, 0.3) is 0 Å². The van der Waals surface area contributed by atoms with Crippen LogP contribution in [0.1, 0.15) is 33.1 Å². The van der Waals surface area contributed by atoms with Gasteiger partial charge in [-0.05, 0) is 38.5 Å². The van der Waals surface area contributed by atoms with Crippen molar-refractivity contribution in [3.05, 3.63) is 0 Å². The second-order valence-electron chi connectivity index (χ2n) is 4.97. The van der Waals surface area contributed by atoms with E-state index in [0.717, 1.165) is 18.2 Å². The van der Waals surface area contributed by atoms with Gasteiger partial charge in [0.15, 0.2) is 0 Å². The van der Waals surface area contributed by atoms with Gasteiger partial charge in [0.2, 0.25) is 0 Å². The summed E-state index contributed by atoms with van der Waals surface area (Å²) >= 11 is 3.78. The molecule has 1 saturated carbocycles. The van der Waals surface area contributed by atoms with Crippen molar-refractivity contribution in [3.63, 3.8) is 0 Å². The standard InChI is InChI=1S/C10H18BrN3/c1-10(2,11)9(6-3-4-6)7-5-8(12)14-13-7/h6-7,9,13H,3-5H2,1-2H3,(H2,12,14). The largest absolute Gasteiger partial charge is 0.386 e. The highest BCUT2D eigenvalue weighted by atomic mass is 79.9. The Hall–Kier alpha value is -0.250. The van der Waals surface area contributed by atoms with Gasteiger partial charge in [0.1, 0.15) is 5.84 Å². The normalized spacial score (nSPS) is 29.6. The van der Waals surface area contributed by atoms with Gasteiger partial charge in [-0.3, -0.25) is 0 Å². The van der Waals surface area contributed by atoms with E-state index in [1.165, 1.54) is 12.8 Å². The predicted octanol–water partition coefficient (Wildman–Crippen LogP) is 1.82. The zero-order chi connectivity index (χ0) is 10.3. The number of hydrazone groups is 1. The van der Waals surface area contributed by atoms with Crippen LogP contribution in [0.3, 0.4) is 0 Å². The second-order valence-corrected chi connectivity index (χ2v) is 7.01. The van der Waals surface area contributed by atoms with Gasteiger partial charge in [-0.1, -0.05) is 15.9 Å². The number of hydrogen-bond acceptors (Lipinski definition) is 3. The highest BCUT2D eigenvalue weighted by Crippen LogP contribution is 2.47. The van der Waals surface area contributed by atoms with E-state index in [4.69, 9.17) is 5.73 Å². The second kappa shape index (κ2) is 3.40. The molecule has 3 nitrogen and oxygen atoms in total. The lowest BCUT2D eigenvalue weighted by atomic mass is 9.83. The zero-order valence-corrected chi connectivity index (χ0v) is 10.3. The maximum atomic E-state index is 5.70. The highest BCUT2D eigenvalue weighted by Gasteiger charge is 2.45. The Morgan fingerprint density at radius 3 is 2.57 bits per heavy atom. The molecular weight excluding hydrogens is 242 g/mol. The summed E-state index contributed by atoms with van der Waals surface area (Å²) < 4.78 is 0.173. The molecule has 2 atom stereocenters. The number of nitrogens with two attached hydrogens (primary N) is 1. The van der Waals surface area contributed by atoms with Crippen LogP contribution in [-0.2, 0) is 0 Å². The Morgan fingerprint density at radius 2 is 2.21 bits per heavy atom. The van der Waals surface area contributed by atoms with E-state index in [9.17, 15) is 0 Å². The Bertz CT molecular complexity index is 253. The first-order valence-corrected chi connectivity index (χ1v) is 6.04. The third-order valence-electron chi connectivity index (χ3n) is 3.16. The Balaban J connectivity index is 2.05. The van der Waals surface area contributed by atoms with E-state index in [0.29, 0.717) is 12.0 Å². The molecule has 3 N–H and O–H groups in total. The molecule has 4 heteroatoms. The van der Waals surface area contributed by atoms with E-state index in [-0.39, 0.29) is 4.32 Å². The Kier molecular flexibility index (Phi) is 2.50. The van der Waals surface area contributed by atoms with Crippen molar-refractivity contribution in [2.45, 2.75) is 43.5 Å². The fraction of sp³-hybridized carbons (Fsp3) is 0.900. The number of nitrogens with zero attached hydrogens (tertiary/aromatic N) is 1. The number of amidine groups is 1. The van der Waals surface area contributed by atoms with Gasteiger partial charge in [-0.2, -0.15) is 5.10 Å². The molecule has 1 heterocycles. The van der Waals surface area contributed by atoms with Gasteiger partial charge in [0, 0.05) is 10.7 Å². The average Bonchev–Trinajstić information content (AvgIpc) is 2.74. The van der Waals surface area contributed by atoms with Crippen molar-refractivity contribution < 1.29 is 0 Å². The van der Waals surface area contributed by atoms with Crippen LogP contribution >= 0.6 is 15.9 Å². The van der Waals surface area contributed by atoms with Gasteiger partial charge >= 0.3 is 0 Å². The number of halogens is 1. The molecule has 2 rings (SSSR count). The third kappa shape index (κ3) is 2.05. The molecule has 0 radical (unpaired) electrons. The number of rotatable bonds is 3. The minimum Gasteiger partial charge on any atom is -0.386 e. The summed E-state index contributed by atoms with van der Waals surface area (Å²) in [7, 11) is 0. The predicted molar refractivity (Wildman–Crippen MR) is 62.4 cm³/mol. The van der Waals surface area contributed by atoms with Gasteiger partial charge in [-0.25, -0.2) is 0 Å². The molecular formula is C10H18BrN3. The monoisotopic (exact) mass is 259 g/mol. The fourth-order valence-corrected chi connectivity index (χ4v) is 3.21. The first-order chi connectivity index (χ1) is 6.48. The molecule has 0 amide bonds. The van der Waals surface area contributed by atoms with Crippen molar-refractivity contribution >= 4 is 21.8 Å². The van der Waals surface area contributed by atoms with Gasteiger partial charge in [0.05, 0.1) is 6.04 Å². The number of hydrogen-bond donors (Lipinski definition) is 2. The van der Waals surface area contributed by atoms with Gasteiger partial charge < -0.3 is 11.2 Å². The lowest BCUT2D eigenvalue weighted by molar-refractivity contribution is 0.289. The zero-order valence-electron chi connectivity index (χ0n) is 8.76. The van der Waals surface area contributed by atoms with Crippen molar-refractivity contribution in [2.75, 3.05) is 0 Å². The van der Waals surface area contributed by atoms with Crippen LogP contribution in [0.4, 0.5) is 0 Å². The summed E-state index contributed by atoms with van der Waals surface area (Å²) in [5.74, 6) is 2.23. The lowest BCUT2D eigenvalue weighted by Crippen LogP contribution is -2.41. The Morgan fingerprint density at radius 1 is 1.57 bits per heavy atom. The summed E-state index contributed by atoms with van der Waals surface area (Å²) in [5.41, 5.74) is 8.87. The summed E-state index contributed by atoms with van der Waals surface area (Å²) in [4.78, 5) is 0. The molecule has 14 heavy (non-hydrogen) atoms. The number of alkyl halides is 1. The van der Waals surface area contributed by atoms with Crippen molar-refractivity contribution in [1.29, 1.82) is 0 Å². The van der Waals surface area contributed by atoms with Crippen LogP contribution in [0.25, 0.3) is 0 Å². The maximum absolute atomic E-state index is 5.70. The SMILES string of the molecule is CC(C)(Br)C(C1CC1)C1CC(N)=NN1. The topological polar surface area (TPSA) is 50.4 Å². The highest BCUT2D eigenvalue weighted by molar-refractivity contribution is 9.10. The molecule has 1 fully saturated rings. The summed E-state index contributed by atoms with van der Waals surface area (Å²) in [6, 6.07) is 0.428. The maximum Gasteiger partial charge on any atom is 0.121 e. The molecule has 1 aliphatic heterocycles. The van der Waals surface area contributed by atoms with E-state index >= 15 is 0 Å². The van der Waals surface area contributed by atoms with Crippen LogP contribution < -0.4 is 11.2 Å². The summed E-state index contributed by atoms with van der Waals surface area (Å²) in [6.45, 7) is 4.48. The van der Waals surface area contributed by atoms with Crippen molar-refractivity contribution in [2.24, 2.45) is 22.7 Å². The molecule has 0 aromatic heterocycles. The van der Waals surface area contributed by atoms with E-state index in [2.05, 4.69) is 40.3 Å². The van der Waals surface area contributed by atoms with Gasteiger partial charge in [-0.15, -0.1) is 0 Å². The first kappa shape index (κ1) is 10.3. The van der Waals surface area contributed by atoms with Crippen LogP contribution in [0.2, 0.25) is 0 Å². The Labute approximate surface area is 93.6 Å². The molecule has 0 aromatic carbocycles. The average molecular weight is 260 g/mol. The van der Waals surface area contributed by atoms with Crippen LogP contribution in [0, 0.1) is 11.8 Å².